The van der Waals surface area contributed by atoms with Crippen molar-refractivity contribution < 1.29 is 13.9 Å². The Kier molecular flexibility index (Phi) is 5.97. The first-order valence-corrected chi connectivity index (χ1v) is 10.6. The maximum absolute atomic E-state index is 13.5. The quantitative estimate of drug-likeness (QED) is 0.351. The third-order valence-electron chi connectivity index (χ3n) is 4.49. The van der Waals surface area contributed by atoms with Crippen LogP contribution in [-0.2, 0) is 6.54 Å². The van der Waals surface area contributed by atoms with Gasteiger partial charge in [-0.3, -0.25) is 9.69 Å². The maximum atomic E-state index is 13.5. The van der Waals surface area contributed by atoms with Gasteiger partial charge in [0.25, 0.3) is 5.91 Å². The molecule has 0 spiro atoms. The molecule has 1 aromatic heterocycles. The van der Waals surface area contributed by atoms with Gasteiger partial charge in [0, 0.05) is 0 Å². The number of halogens is 2. The van der Waals surface area contributed by atoms with Crippen molar-refractivity contribution in [3.05, 3.63) is 88.7 Å². The second kappa shape index (κ2) is 8.81. The molecule has 0 radical (unpaired) electrons. The molecule has 0 saturated heterocycles. The van der Waals surface area contributed by atoms with Gasteiger partial charge in [-0.15, -0.1) is 0 Å². The SMILES string of the molecule is CCOc1cccc2sc(N(Cc3ccccc3)C(=O)c3ccc(F)cc3Cl)nc12. The summed E-state index contributed by atoms with van der Waals surface area (Å²) in [5.41, 5.74) is 1.86. The molecule has 152 valence electrons. The number of ether oxygens (including phenoxy) is 1. The van der Waals surface area contributed by atoms with Gasteiger partial charge in [0.2, 0.25) is 0 Å². The summed E-state index contributed by atoms with van der Waals surface area (Å²) in [5, 5.41) is 0.584. The summed E-state index contributed by atoms with van der Waals surface area (Å²) < 4.78 is 20.1. The molecule has 4 aromatic rings. The van der Waals surface area contributed by atoms with Crippen LogP contribution in [0.3, 0.4) is 0 Å². The Morgan fingerprint density at radius 1 is 1.13 bits per heavy atom. The first kappa shape index (κ1) is 20.3. The minimum Gasteiger partial charge on any atom is -0.492 e. The second-order valence-electron chi connectivity index (χ2n) is 6.53. The van der Waals surface area contributed by atoms with Gasteiger partial charge in [0.15, 0.2) is 5.13 Å². The number of thiazole rings is 1. The average molecular weight is 441 g/mol. The number of carbonyl (C=O) groups excluding carboxylic acids is 1. The van der Waals surface area contributed by atoms with E-state index in [1.807, 2.05) is 55.5 Å². The van der Waals surface area contributed by atoms with E-state index in [9.17, 15) is 9.18 Å². The van der Waals surface area contributed by atoms with E-state index >= 15 is 0 Å². The van der Waals surface area contributed by atoms with Gasteiger partial charge in [-0.2, -0.15) is 0 Å². The number of hydrogen-bond donors (Lipinski definition) is 0. The van der Waals surface area contributed by atoms with Gasteiger partial charge in [0.05, 0.1) is 28.4 Å². The normalized spacial score (nSPS) is 10.9. The monoisotopic (exact) mass is 440 g/mol. The molecule has 30 heavy (non-hydrogen) atoms. The molecule has 0 fully saturated rings. The molecule has 7 heteroatoms. The molecule has 0 aliphatic carbocycles. The number of amides is 1. The van der Waals surface area contributed by atoms with Crippen molar-refractivity contribution in [3.63, 3.8) is 0 Å². The van der Waals surface area contributed by atoms with Gasteiger partial charge in [-0.1, -0.05) is 59.3 Å². The molecular weight excluding hydrogens is 423 g/mol. The smallest absolute Gasteiger partial charge is 0.261 e. The van der Waals surface area contributed by atoms with E-state index in [4.69, 9.17) is 21.3 Å². The second-order valence-corrected chi connectivity index (χ2v) is 7.95. The van der Waals surface area contributed by atoms with Gasteiger partial charge in [-0.05, 0) is 42.8 Å². The third kappa shape index (κ3) is 4.15. The van der Waals surface area contributed by atoms with E-state index < -0.39 is 5.82 Å². The zero-order chi connectivity index (χ0) is 21.1. The summed E-state index contributed by atoms with van der Waals surface area (Å²) in [4.78, 5) is 19.7. The Labute approximate surface area is 182 Å². The molecule has 0 unspecified atom stereocenters. The number of aromatic nitrogens is 1. The highest BCUT2D eigenvalue weighted by atomic mass is 35.5. The van der Waals surface area contributed by atoms with Crippen molar-refractivity contribution in [1.82, 2.24) is 4.98 Å². The number of benzene rings is 3. The van der Waals surface area contributed by atoms with Gasteiger partial charge in [-0.25, -0.2) is 9.37 Å². The Morgan fingerprint density at radius 3 is 2.67 bits per heavy atom. The van der Waals surface area contributed by atoms with Crippen molar-refractivity contribution in [1.29, 1.82) is 0 Å². The first-order chi connectivity index (χ1) is 14.6. The number of rotatable bonds is 6. The molecule has 0 saturated carbocycles. The lowest BCUT2D eigenvalue weighted by Gasteiger charge is -2.20. The van der Waals surface area contributed by atoms with Gasteiger partial charge in [0.1, 0.15) is 17.1 Å². The molecule has 4 rings (SSSR count). The summed E-state index contributed by atoms with van der Waals surface area (Å²) in [7, 11) is 0. The van der Waals surface area contributed by atoms with E-state index in [0.717, 1.165) is 16.3 Å². The highest BCUT2D eigenvalue weighted by Gasteiger charge is 2.24. The molecule has 1 heterocycles. The van der Waals surface area contributed by atoms with Crippen LogP contribution in [0.25, 0.3) is 10.2 Å². The first-order valence-electron chi connectivity index (χ1n) is 9.40. The topological polar surface area (TPSA) is 42.4 Å². The molecule has 0 N–H and O–H groups in total. The van der Waals surface area contributed by atoms with E-state index in [0.29, 0.717) is 29.5 Å². The van der Waals surface area contributed by atoms with Crippen molar-refractivity contribution >= 4 is 44.2 Å². The summed E-state index contributed by atoms with van der Waals surface area (Å²) in [6.45, 7) is 2.73. The minimum absolute atomic E-state index is 0.0641. The molecule has 1 amide bonds. The molecule has 3 aromatic carbocycles. The van der Waals surface area contributed by atoms with Crippen LogP contribution >= 0.6 is 22.9 Å². The number of anilines is 1. The summed E-state index contributed by atoms with van der Waals surface area (Å²) in [6, 6.07) is 19.1. The van der Waals surface area contributed by atoms with Crippen LogP contribution in [-0.4, -0.2) is 17.5 Å². The number of nitrogens with zero attached hydrogens (tertiary/aromatic N) is 2. The van der Waals surface area contributed by atoms with Gasteiger partial charge >= 0.3 is 0 Å². The maximum Gasteiger partial charge on any atom is 0.261 e. The van der Waals surface area contributed by atoms with E-state index in [-0.39, 0.29) is 16.5 Å². The largest absolute Gasteiger partial charge is 0.492 e. The fourth-order valence-electron chi connectivity index (χ4n) is 3.10. The van der Waals surface area contributed by atoms with Crippen LogP contribution in [0.15, 0.2) is 66.7 Å². The Morgan fingerprint density at radius 2 is 1.93 bits per heavy atom. The molecule has 4 nitrogen and oxygen atoms in total. The molecule has 0 aliphatic heterocycles. The minimum atomic E-state index is -0.493. The zero-order valence-corrected chi connectivity index (χ0v) is 17.7. The fourth-order valence-corrected chi connectivity index (χ4v) is 4.33. The predicted octanol–water partition coefficient (Wildman–Crippen LogP) is 6.33. The number of carbonyl (C=O) groups is 1. The lowest BCUT2D eigenvalue weighted by molar-refractivity contribution is 0.0985. The van der Waals surface area contributed by atoms with Crippen LogP contribution in [0, 0.1) is 5.82 Å². The van der Waals surface area contributed by atoms with E-state index in [1.165, 1.54) is 23.5 Å². The Bertz CT molecular complexity index is 1200. The number of para-hydroxylation sites is 1. The van der Waals surface area contributed by atoms with Crippen LogP contribution in [0.2, 0.25) is 5.02 Å². The summed E-state index contributed by atoms with van der Waals surface area (Å²) in [5.74, 6) is -0.169. The highest BCUT2D eigenvalue weighted by Crippen LogP contribution is 2.36. The molecule has 0 bridgehead atoms. The highest BCUT2D eigenvalue weighted by molar-refractivity contribution is 7.22. The fraction of sp³-hybridized carbons (Fsp3) is 0.130. The Hall–Kier alpha value is -2.96. The zero-order valence-electron chi connectivity index (χ0n) is 16.1. The number of hydrogen-bond acceptors (Lipinski definition) is 4. The van der Waals surface area contributed by atoms with Crippen LogP contribution in [0.5, 0.6) is 5.75 Å². The lowest BCUT2D eigenvalue weighted by atomic mass is 10.1. The van der Waals surface area contributed by atoms with Crippen molar-refractivity contribution in [2.24, 2.45) is 0 Å². The molecule has 0 atom stereocenters. The van der Waals surface area contributed by atoms with Crippen LogP contribution in [0.4, 0.5) is 9.52 Å². The van der Waals surface area contributed by atoms with Crippen LogP contribution in [0.1, 0.15) is 22.8 Å². The molecule has 0 aliphatic rings. The Balaban J connectivity index is 1.80. The van der Waals surface area contributed by atoms with E-state index in [1.54, 1.807) is 4.90 Å². The number of fused-ring (bicyclic) bond motifs is 1. The average Bonchev–Trinajstić information content (AvgIpc) is 3.17. The predicted molar refractivity (Wildman–Crippen MR) is 119 cm³/mol. The van der Waals surface area contributed by atoms with Crippen molar-refractivity contribution in [2.75, 3.05) is 11.5 Å². The van der Waals surface area contributed by atoms with Gasteiger partial charge < -0.3 is 4.74 Å². The summed E-state index contributed by atoms with van der Waals surface area (Å²) in [6.07, 6.45) is 0. The standard InChI is InChI=1S/C23H18ClFN2O2S/c1-2-29-19-9-6-10-20-21(19)26-23(30-20)27(14-15-7-4-3-5-8-15)22(28)17-12-11-16(25)13-18(17)24/h3-13H,2,14H2,1H3. The van der Waals surface area contributed by atoms with E-state index in [2.05, 4.69) is 0 Å². The third-order valence-corrected chi connectivity index (χ3v) is 5.85. The lowest BCUT2D eigenvalue weighted by Crippen LogP contribution is -2.30. The summed E-state index contributed by atoms with van der Waals surface area (Å²) >= 11 is 7.57. The van der Waals surface area contributed by atoms with Crippen LogP contribution < -0.4 is 9.64 Å². The van der Waals surface area contributed by atoms with Crippen molar-refractivity contribution in [2.45, 2.75) is 13.5 Å². The molecular formula is C23H18ClFN2O2S. The van der Waals surface area contributed by atoms with Crippen molar-refractivity contribution in [3.8, 4) is 5.75 Å².